The van der Waals surface area contributed by atoms with Crippen LogP contribution in [0.4, 0.5) is 5.82 Å². The maximum atomic E-state index is 9.30. The number of hydrogen-bond acceptors (Lipinski definition) is 6. The largest absolute Gasteiger partial charge is 0.396 e. The Morgan fingerprint density at radius 1 is 1.37 bits per heavy atom. The molecule has 0 radical (unpaired) electrons. The van der Waals surface area contributed by atoms with E-state index < -0.39 is 5.41 Å². The fourth-order valence-corrected chi connectivity index (χ4v) is 2.79. The van der Waals surface area contributed by atoms with Gasteiger partial charge >= 0.3 is 0 Å². The van der Waals surface area contributed by atoms with Gasteiger partial charge in [-0.15, -0.1) is 0 Å². The average molecular weight is 284 g/mol. The second-order valence-electron chi connectivity index (χ2n) is 5.08. The van der Waals surface area contributed by atoms with Crippen LogP contribution < -0.4 is 5.73 Å². The number of nitrogen functional groups attached to an aromatic ring is 1. The summed E-state index contributed by atoms with van der Waals surface area (Å²) in [4.78, 5) is 12.2. The van der Waals surface area contributed by atoms with Gasteiger partial charge in [-0.3, -0.25) is 0 Å². The van der Waals surface area contributed by atoms with Crippen molar-refractivity contribution in [2.75, 3.05) is 18.9 Å². The summed E-state index contributed by atoms with van der Waals surface area (Å²) in [6.07, 6.45) is 3.00. The van der Waals surface area contributed by atoms with E-state index in [0.717, 1.165) is 0 Å². The Morgan fingerprint density at radius 2 is 2.05 bits per heavy atom. The molecule has 0 aliphatic heterocycles. The average Bonchev–Trinajstić information content (AvgIpc) is 2.73. The molecule has 1 fully saturated rings. The van der Waals surface area contributed by atoms with Crippen molar-refractivity contribution in [2.24, 2.45) is 5.41 Å². The molecule has 0 spiro atoms. The number of halogens is 1. The smallest absolute Gasteiger partial charge is 0.226 e. The molecule has 2 aromatic rings. The second kappa shape index (κ2) is 4.29. The van der Waals surface area contributed by atoms with Crippen LogP contribution in [0.5, 0.6) is 0 Å². The van der Waals surface area contributed by atoms with E-state index >= 15 is 0 Å². The molecule has 0 aromatic carbocycles. The number of aliphatic hydroxyl groups excluding tert-OH is 2. The van der Waals surface area contributed by atoms with Gasteiger partial charge in [0.2, 0.25) is 5.28 Å². The molecule has 0 saturated heterocycles. The van der Waals surface area contributed by atoms with Gasteiger partial charge in [-0.2, -0.15) is 9.97 Å². The molecule has 2 heterocycles. The molecule has 1 aliphatic carbocycles. The van der Waals surface area contributed by atoms with Crippen molar-refractivity contribution >= 4 is 28.6 Å². The van der Waals surface area contributed by atoms with Crippen LogP contribution in [0.15, 0.2) is 6.33 Å². The first-order valence-electron chi connectivity index (χ1n) is 5.96. The van der Waals surface area contributed by atoms with Crippen LogP contribution in [0.2, 0.25) is 5.28 Å². The van der Waals surface area contributed by atoms with Crippen LogP contribution in [-0.2, 0) is 0 Å². The lowest BCUT2D eigenvalue weighted by Gasteiger charge is -2.45. The van der Waals surface area contributed by atoms with Crippen molar-refractivity contribution in [3.8, 4) is 0 Å². The van der Waals surface area contributed by atoms with Gasteiger partial charge in [-0.05, 0) is 24.4 Å². The molecule has 2 aromatic heterocycles. The van der Waals surface area contributed by atoms with Gasteiger partial charge in [0.1, 0.15) is 5.52 Å². The Bertz CT molecular complexity index is 617. The van der Waals surface area contributed by atoms with Gasteiger partial charge in [0, 0.05) is 11.5 Å². The summed E-state index contributed by atoms with van der Waals surface area (Å²) in [5.74, 6) is 0.253. The molecule has 102 valence electrons. The number of fused-ring (bicyclic) bond motifs is 1. The molecule has 8 heteroatoms. The molecule has 1 aliphatic rings. The molecule has 4 N–H and O–H groups in total. The molecular formula is C11H14ClN5O2. The predicted molar refractivity (Wildman–Crippen MR) is 69.6 cm³/mol. The highest BCUT2D eigenvalue weighted by atomic mass is 35.5. The van der Waals surface area contributed by atoms with E-state index in [4.69, 9.17) is 17.3 Å². The van der Waals surface area contributed by atoms with Crippen LogP contribution in [0.25, 0.3) is 11.2 Å². The molecule has 7 nitrogen and oxygen atoms in total. The minimum absolute atomic E-state index is 0.0233. The Morgan fingerprint density at radius 3 is 2.68 bits per heavy atom. The number of nitrogens with two attached hydrogens (primary N) is 1. The predicted octanol–water partition coefficient (Wildman–Crippen LogP) is 0.368. The van der Waals surface area contributed by atoms with Crippen LogP contribution >= 0.6 is 11.6 Å². The van der Waals surface area contributed by atoms with Gasteiger partial charge < -0.3 is 20.5 Å². The van der Waals surface area contributed by atoms with Gasteiger partial charge in [0.15, 0.2) is 11.5 Å². The third kappa shape index (κ3) is 1.85. The zero-order valence-electron chi connectivity index (χ0n) is 10.1. The minimum atomic E-state index is -0.399. The Hall–Kier alpha value is -1.44. The van der Waals surface area contributed by atoms with Crippen LogP contribution in [0.3, 0.4) is 0 Å². The lowest BCUT2D eigenvalue weighted by Crippen LogP contribution is -2.44. The molecule has 0 unspecified atom stereocenters. The van der Waals surface area contributed by atoms with Gasteiger partial charge in [0.05, 0.1) is 19.5 Å². The van der Waals surface area contributed by atoms with E-state index in [2.05, 4.69) is 15.0 Å². The standard InChI is InChI=1S/C11H14ClN5O2/c12-10-15-8(13)7-9(16-10)17(5-14-7)6-1-11(2-6,3-18)4-19/h5-6,18-19H,1-4H2,(H2,13,15,16). The van der Waals surface area contributed by atoms with Gasteiger partial charge in [0.25, 0.3) is 0 Å². The van der Waals surface area contributed by atoms with E-state index in [9.17, 15) is 10.2 Å². The van der Waals surface area contributed by atoms with Crippen molar-refractivity contribution in [3.63, 3.8) is 0 Å². The highest BCUT2D eigenvalue weighted by molar-refractivity contribution is 6.28. The second-order valence-corrected chi connectivity index (χ2v) is 5.42. The number of anilines is 1. The summed E-state index contributed by atoms with van der Waals surface area (Å²) in [6, 6.07) is 0.134. The third-order valence-corrected chi connectivity index (χ3v) is 3.99. The molecular weight excluding hydrogens is 270 g/mol. The van der Waals surface area contributed by atoms with E-state index in [0.29, 0.717) is 24.0 Å². The quantitative estimate of drug-likeness (QED) is 0.702. The summed E-state index contributed by atoms with van der Waals surface area (Å²) < 4.78 is 1.88. The van der Waals surface area contributed by atoms with Crippen molar-refractivity contribution in [1.29, 1.82) is 0 Å². The SMILES string of the molecule is Nc1nc(Cl)nc2c1ncn2C1CC(CO)(CO)C1. The number of imidazole rings is 1. The maximum Gasteiger partial charge on any atom is 0.226 e. The number of rotatable bonds is 3. The number of aliphatic hydroxyl groups is 2. The number of aromatic nitrogens is 4. The first-order chi connectivity index (χ1) is 9.08. The monoisotopic (exact) mass is 283 g/mol. The summed E-state index contributed by atoms with van der Waals surface area (Å²) >= 11 is 5.81. The fraction of sp³-hybridized carbons (Fsp3) is 0.545. The summed E-state index contributed by atoms with van der Waals surface area (Å²) in [5, 5.41) is 18.7. The Labute approximate surface area is 114 Å². The number of nitrogens with zero attached hydrogens (tertiary/aromatic N) is 4. The van der Waals surface area contributed by atoms with E-state index in [1.165, 1.54) is 0 Å². The van der Waals surface area contributed by atoms with Crippen molar-refractivity contribution in [2.45, 2.75) is 18.9 Å². The highest BCUT2D eigenvalue weighted by Crippen LogP contribution is 2.48. The lowest BCUT2D eigenvalue weighted by molar-refractivity contribution is -0.0421. The van der Waals surface area contributed by atoms with Gasteiger partial charge in [-0.1, -0.05) is 0 Å². The lowest BCUT2D eigenvalue weighted by atomic mass is 9.66. The van der Waals surface area contributed by atoms with E-state index in [1.807, 2.05) is 4.57 Å². The topological polar surface area (TPSA) is 110 Å². The normalized spacial score (nSPS) is 18.7. The van der Waals surface area contributed by atoms with Gasteiger partial charge in [-0.25, -0.2) is 4.98 Å². The van der Waals surface area contributed by atoms with Crippen molar-refractivity contribution in [3.05, 3.63) is 11.6 Å². The Kier molecular flexibility index (Phi) is 2.84. The summed E-state index contributed by atoms with van der Waals surface area (Å²) in [5.41, 5.74) is 6.46. The minimum Gasteiger partial charge on any atom is -0.396 e. The van der Waals surface area contributed by atoms with Crippen LogP contribution in [0, 0.1) is 5.41 Å². The van der Waals surface area contributed by atoms with Crippen molar-refractivity contribution < 1.29 is 10.2 Å². The molecule has 0 atom stereocenters. The third-order valence-electron chi connectivity index (χ3n) is 3.82. The zero-order valence-corrected chi connectivity index (χ0v) is 10.9. The van der Waals surface area contributed by atoms with Crippen LogP contribution in [0.1, 0.15) is 18.9 Å². The molecule has 0 amide bonds. The zero-order chi connectivity index (χ0) is 13.6. The van der Waals surface area contributed by atoms with E-state index in [-0.39, 0.29) is 30.4 Å². The molecule has 0 bridgehead atoms. The Balaban J connectivity index is 1.96. The first kappa shape index (κ1) is 12.6. The summed E-state index contributed by atoms with van der Waals surface area (Å²) in [7, 11) is 0. The summed E-state index contributed by atoms with van der Waals surface area (Å²) in [6.45, 7) is -0.0466. The molecule has 19 heavy (non-hydrogen) atoms. The highest BCUT2D eigenvalue weighted by Gasteiger charge is 2.44. The molecule has 3 rings (SSSR count). The molecule has 1 saturated carbocycles. The van der Waals surface area contributed by atoms with Crippen molar-refractivity contribution in [1.82, 2.24) is 19.5 Å². The number of hydrogen-bond donors (Lipinski definition) is 3. The first-order valence-corrected chi connectivity index (χ1v) is 6.34. The van der Waals surface area contributed by atoms with Crippen LogP contribution in [-0.4, -0.2) is 42.9 Å². The maximum absolute atomic E-state index is 9.30. The van der Waals surface area contributed by atoms with E-state index in [1.54, 1.807) is 6.33 Å². The fourth-order valence-electron chi connectivity index (χ4n) is 2.62.